The zero-order chi connectivity index (χ0) is 10.7. The molecule has 1 aromatic carbocycles. The Labute approximate surface area is 100 Å². The number of carbonyl (C=O) groups is 1. The topological polar surface area (TPSA) is 47.6 Å². The van der Waals surface area contributed by atoms with Crippen LogP contribution in [-0.4, -0.2) is 32.3 Å². The fraction of sp³-hybridized carbons (Fsp3) is 0.364. The van der Waals surface area contributed by atoms with Crippen LogP contribution in [0.2, 0.25) is 0 Å². The van der Waals surface area contributed by atoms with Crippen molar-refractivity contribution in [3.63, 3.8) is 0 Å². The second-order valence-electron chi connectivity index (χ2n) is 3.41. The van der Waals surface area contributed by atoms with Crippen molar-refractivity contribution < 1.29 is 14.3 Å². The lowest BCUT2D eigenvalue weighted by molar-refractivity contribution is 0.0600. The van der Waals surface area contributed by atoms with Crippen LogP contribution in [0.1, 0.15) is 10.4 Å². The summed E-state index contributed by atoms with van der Waals surface area (Å²) < 4.78 is 10.2. The van der Waals surface area contributed by atoms with Crippen LogP contribution in [0, 0.1) is 0 Å². The molecule has 1 heterocycles. The van der Waals surface area contributed by atoms with Gasteiger partial charge in [0.1, 0.15) is 11.9 Å². The molecule has 0 bridgehead atoms. The smallest absolute Gasteiger partial charge is 0.337 e. The first-order valence-electron chi connectivity index (χ1n) is 4.85. The van der Waals surface area contributed by atoms with Crippen molar-refractivity contribution in [2.24, 2.45) is 0 Å². The molecule has 1 N–H and O–H groups in total. The van der Waals surface area contributed by atoms with Gasteiger partial charge in [0.25, 0.3) is 0 Å². The Kier molecular flexibility index (Phi) is 4.58. The Morgan fingerprint density at radius 1 is 1.31 bits per heavy atom. The average molecular weight is 244 g/mol. The van der Waals surface area contributed by atoms with Gasteiger partial charge in [-0.2, -0.15) is 0 Å². The van der Waals surface area contributed by atoms with Crippen molar-refractivity contribution in [2.45, 2.75) is 6.10 Å². The molecule has 2 rings (SSSR count). The molecule has 5 heteroatoms. The summed E-state index contributed by atoms with van der Waals surface area (Å²) in [4.78, 5) is 11.1. The van der Waals surface area contributed by atoms with E-state index in [0.717, 1.165) is 18.8 Å². The molecule has 0 radical (unpaired) electrons. The van der Waals surface area contributed by atoms with Gasteiger partial charge in [0.2, 0.25) is 0 Å². The predicted octanol–water partition coefficient (Wildman–Crippen LogP) is 1.25. The number of ether oxygens (including phenoxy) is 2. The number of carbonyl (C=O) groups excluding carboxylic acids is 1. The molecule has 1 aromatic rings. The van der Waals surface area contributed by atoms with Crippen molar-refractivity contribution >= 4 is 18.4 Å². The number of rotatable bonds is 3. The molecule has 1 aliphatic heterocycles. The standard InChI is InChI=1S/C11H13NO3.ClH/c1-14-11(13)8-2-4-9(5-3-8)15-10-6-12-7-10;/h2-5,10,12H,6-7H2,1H3;1H. The van der Waals surface area contributed by atoms with Crippen molar-refractivity contribution in [1.82, 2.24) is 5.32 Å². The van der Waals surface area contributed by atoms with E-state index in [2.05, 4.69) is 10.1 Å². The van der Waals surface area contributed by atoms with E-state index in [9.17, 15) is 4.79 Å². The van der Waals surface area contributed by atoms with Crippen molar-refractivity contribution in [3.8, 4) is 5.75 Å². The maximum atomic E-state index is 11.1. The lowest BCUT2D eigenvalue weighted by atomic mass is 10.2. The number of hydrogen-bond acceptors (Lipinski definition) is 4. The monoisotopic (exact) mass is 243 g/mol. The number of hydrogen-bond donors (Lipinski definition) is 1. The zero-order valence-electron chi connectivity index (χ0n) is 8.93. The summed E-state index contributed by atoms with van der Waals surface area (Å²) >= 11 is 0. The van der Waals surface area contributed by atoms with Crippen LogP contribution in [0.5, 0.6) is 5.75 Å². The molecule has 0 aliphatic carbocycles. The fourth-order valence-corrected chi connectivity index (χ4v) is 1.33. The van der Waals surface area contributed by atoms with Crippen LogP contribution in [-0.2, 0) is 4.74 Å². The molecule has 1 fully saturated rings. The molecular weight excluding hydrogens is 230 g/mol. The summed E-state index contributed by atoms with van der Waals surface area (Å²) in [5.74, 6) is 0.459. The number of esters is 1. The summed E-state index contributed by atoms with van der Waals surface area (Å²) in [5, 5.41) is 3.12. The first-order chi connectivity index (χ1) is 7.29. The Balaban J connectivity index is 0.00000128. The van der Waals surface area contributed by atoms with Gasteiger partial charge in [-0.1, -0.05) is 0 Å². The summed E-state index contributed by atoms with van der Waals surface area (Å²) in [6, 6.07) is 6.97. The van der Waals surface area contributed by atoms with Gasteiger partial charge in [0.05, 0.1) is 12.7 Å². The van der Waals surface area contributed by atoms with Crippen LogP contribution in [0.15, 0.2) is 24.3 Å². The highest BCUT2D eigenvalue weighted by atomic mass is 35.5. The lowest BCUT2D eigenvalue weighted by Crippen LogP contribution is -2.50. The van der Waals surface area contributed by atoms with E-state index in [1.807, 2.05) is 0 Å². The largest absolute Gasteiger partial charge is 0.488 e. The van der Waals surface area contributed by atoms with Crippen LogP contribution < -0.4 is 10.1 Å². The minimum Gasteiger partial charge on any atom is -0.488 e. The maximum Gasteiger partial charge on any atom is 0.337 e. The Hall–Kier alpha value is -1.26. The number of nitrogens with one attached hydrogen (secondary N) is 1. The van der Waals surface area contributed by atoms with E-state index in [-0.39, 0.29) is 24.5 Å². The van der Waals surface area contributed by atoms with Gasteiger partial charge in [0.15, 0.2) is 0 Å². The molecule has 1 saturated heterocycles. The second kappa shape index (κ2) is 5.72. The minimum atomic E-state index is -0.327. The normalized spacial score (nSPS) is 14.6. The third-order valence-corrected chi connectivity index (χ3v) is 2.32. The van der Waals surface area contributed by atoms with Crippen LogP contribution >= 0.6 is 12.4 Å². The van der Waals surface area contributed by atoms with E-state index in [1.165, 1.54) is 7.11 Å². The van der Waals surface area contributed by atoms with Gasteiger partial charge in [-0.05, 0) is 24.3 Å². The SMILES string of the molecule is COC(=O)c1ccc(OC2CNC2)cc1.Cl. The van der Waals surface area contributed by atoms with Crippen LogP contribution in [0.3, 0.4) is 0 Å². The molecule has 0 saturated carbocycles. The molecule has 0 aromatic heterocycles. The van der Waals surface area contributed by atoms with E-state index in [0.29, 0.717) is 5.56 Å². The van der Waals surface area contributed by atoms with Gasteiger partial charge in [0, 0.05) is 13.1 Å². The first kappa shape index (κ1) is 12.8. The summed E-state index contributed by atoms with van der Waals surface area (Å²) in [6.07, 6.45) is 0.258. The predicted molar refractivity (Wildman–Crippen MR) is 62.3 cm³/mol. The van der Waals surface area contributed by atoms with Gasteiger partial charge < -0.3 is 14.8 Å². The molecular formula is C11H14ClNO3. The third-order valence-electron chi connectivity index (χ3n) is 2.32. The zero-order valence-corrected chi connectivity index (χ0v) is 9.75. The van der Waals surface area contributed by atoms with E-state index < -0.39 is 0 Å². The average Bonchev–Trinajstić information content (AvgIpc) is 2.23. The molecule has 16 heavy (non-hydrogen) atoms. The number of methoxy groups -OCH3 is 1. The fourth-order valence-electron chi connectivity index (χ4n) is 1.33. The van der Waals surface area contributed by atoms with E-state index >= 15 is 0 Å². The molecule has 0 unspecified atom stereocenters. The number of benzene rings is 1. The summed E-state index contributed by atoms with van der Waals surface area (Å²) in [5.41, 5.74) is 0.539. The van der Waals surface area contributed by atoms with E-state index in [1.54, 1.807) is 24.3 Å². The molecule has 0 spiro atoms. The summed E-state index contributed by atoms with van der Waals surface area (Å²) in [6.45, 7) is 1.78. The molecule has 4 nitrogen and oxygen atoms in total. The van der Waals surface area contributed by atoms with Crippen LogP contribution in [0.4, 0.5) is 0 Å². The molecule has 1 aliphatic rings. The van der Waals surface area contributed by atoms with Crippen molar-refractivity contribution in [1.29, 1.82) is 0 Å². The molecule has 0 amide bonds. The maximum absolute atomic E-state index is 11.1. The van der Waals surface area contributed by atoms with Crippen molar-refractivity contribution in [2.75, 3.05) is 20.2 Å². The Morgan fingerprint density at radius 2 is 1.94 bits per heavy atom. The highest BCUT2D eigenvalue weighted by Gasteiger charge is 2.18. The Morgan fingerprint density at radius 3 is 2.38 bits per heavy atom. The van der Waals surface area contributed by atoms with Gasteiger partial charge in [-0.25, -0.2) is 4.79 Å². The Bertz CT molecular complexity index is 349. The minimum absolute atomic E-state index is 0. The quantitative estimate of drug-likeness (QED) is 0.812. The third kappa shape index (κ3) is 2.87. The molecule has 88 valence electrons. The number of halogens is 1. The van der Waals surface area contributed by atoms with Gasteiger partial charge >= 0.3 is 5.97 Å². The van der Waals surface area contributed by atoms with Crippen molar-refractivity contribution in [3.05, 3.63) is 29.8 Å². The highest BCUT2D eigenvalue weighted by molar-refractivity contribution is 5.89. The highest BCUT2D eigenvalue weighted by Crippen LogP contribution is 2.15. The summed E-state index contributed by atoms with van der Waals surface area (Å²) in [7, 11) is 1.37. The van der Waals surface area contributed by atoms with Crippen LogP contribution in [0.25, 0.3) is 0 Å². The van der Waals surface area contributed by atoms with Gasteiger partial charge in [-0.3, -0.25) is 0 Å². The lowest BCUT2D eigenvalue weighted by Gasteiger charge is -2.27. The van der Waals surface area contributed by atoms with Gasteiger partial charge in [-0.15, -0.1) is 12.4 Å². The second-order valence-corrected chi connectivity index (χ2v) is 3.41. The first-order valence-corrected chi connectivity index (χ1v) is 4.85. The van der Waals surface area contributed by atoms with E-state index in [4.69, 9.17) is 4.74 Å². The molecule has 0 atom stereocenters.